The second-order valence-electron chi connectivity index (χ2n) is 6.53. The zero-order valence-electron chi connectivity index (χ0n) is 12.0. The Morgan fingerprint density at radius 2 is 1.94 bits per heavy atom. The van der Waals surface area contributed by atoms with Gasteiger partial charge < -0.3 is 10.6 Å². The van der Waals surface area contributed by atoms with Crippen molar-refractivity contribution in [3.63, 3.8) is 0 Å². The van der Waals surface area contributed by atoms with Crippen LogP contribution in [0.3, 0.4) is 0 Å². The Morgan fingerprint density at radius 3 is 2.50 bits per heavy atom. The van der Waals surface area contributed by atoms with Crippen LogP contribution in [0.2, 0.25) is 0 Å². The molecule has 1 saturated carbocycles. The number of carbonyl (C=O) groups excluding carboxylic acids is 1. The van der Waals surface area contributed by atoms with Crippen LogP contribution in [0.1, 0.15) is 65.2 Å². The summed E-state index contributed by atoms with van der Waals surface area (Å²) in [5.74, 6) is 0.304. The van der Waals surface area contributed by atoms with Gasteiger partial charge in [0.05, 0.1) is 5.41 Å². The Balaban J connectivity index is 2.00. The van der Waals surface area contributed by atoms with E-state index < -0.39 is 0 Å². The third kappa shape index (κ3) is 2.87. The highest BCUT2D eigenvalue weighted by Crippen LogP contribution is 2.34. The minimum Gasteiger partial charge on any atom is -0.350 e. The van der Waals surface area contributed by atoms with Crippen molar-refractivity contribution < 1.29 is 4.79 Å². The van der Waals surface area contributed by atoms with Crippen LogP contribution < -0.4 is 10.6 Å². The molecule has 2 rings (SSSR count). The number of rotatable bonds is 4. The van der Waals surface area contributed by atoms with Crippen LogP contribution in [0.15, 0.2) is 0 Å². The quantitative estimate of drug-likeness (QED) is 0.807. The van der Waals surface area contributed by atoms with Crippen molar-refractivity contribution >= 4 is 5.91 Å². The van der Waals surface area contributed by atoms with E-state index in [4.69, 9.17) is 0 Å². The summed E-state index contributed by atoms with van der Waals surface area (Å²) in [6.07, 6.45) is 9.25. The first-order valence-corrected chi connectivity index (χ1v) is 7.64. The first-order valence-electron chi connectivity index (χ1n) is 7.64. The molecule has 0 radical (unpaired) electrons. The molecular formula is C15H28N2O. The SMILES string of the molecule is CCCC1(C(=O)NC2(C)CCCCC2)CCNC1. The van der Waals surface area contributed by atoms with Crippen molar-refractivity contribution in [1.29, 1.82) is 0 Å². The maximum absolute atomic E-state index is 12.7. The van der Waals surface area contributed by atoms with Crippen LogP contribution in [0.4, 0.5) is 0 Å². The number of hydrogen-bond donors (Lipinski definition) is 2. The van der Waals surface area contributed by atoms with Gasteiger partial charge in [-0.3, -0.25) is 4.79 Å². The Bertz CT molecular complexity index is 289. The van der Waals surface area contributed by atoms with E-state index in [2.05, 4.69) is 24.5 Å². The monoisotopic (exact) mass is 252 g/mol. The van der Waals surface area contributed by atoms with E-state index in [0.717, 1.165) is 45.2 Å². The van der Waals surface area contributed by atoms with Crippen molar-refractivity contribution in [1.82, 2.24) is 10.6 Å². The molecule has 0 aromatic heterocycles. The molecule has 1 atom stereocenters. The van der Waals surface area contributed by atoms with Crippen LogP contribution in [0.5, 0.6) is 0 Å². The molecule has 18 heavy (non-hydrogen) atoms. The van der Waals surface area contributed by atoms with Crippen molar-refractivity contribution in [2.75, 3.05) is 13.1 Å². The second-order valence-corrected chi connectivity index (χ2v) is 6.53. The summed E-state index contributed by atoms with van der Waals surface area (Å²) in [7, 11) is 0. The normalized spacial score (nSPS) is 31.2. The molecule has 2 N–H and O–H groups in total. The van der Waals surface area contributed by atoms with Gasteiger partial charge in [0.2, 0.25) is 5.91 Å². The van der Waals surface area contributed by atoms with Crippen LogP contribution in [0, 0.1) is 5.41 Å². The highest BCUT2D eigenvalue weighted by atomic mass is 16.2. The summed E-state index contributed by atoms with van der Waals surface area (Å²) >= 11 is 0. The molecule has 1 aliphatic carbocycles. The molecule has 3 heteroatoms. The number of nitrogens with one attached hydrogen (secondary N) is 2. The third-order valence-electron chi connectivity index (χ3n) is 4.83. The average Bonchev–Trinajstić information content (AvgIpc) is 2.80. The molecule has 2 fully saturated rings. The lowest BCUT2D eigenvalue weighted by molar-refractivity contribution is -0.132. The summed E-state index contributed by atoms with van der Waals surface area (Å²) in [6, 6.07) is 0. The fourth-order valence-corrected chi connectivity index (χ4v) is 3.61. The topological polar surface area (TPSA) is 41.1 Å². The number of amides is 1. The van der Waals surface area contributed by atoms with E-state index in [1.165, 1.54) is 19.3 Å². The lowest BCUT2D eigenvalue weighted by Crippen LogP contribution is -2.53. The summed E-state index contributed by atoms with van der Waals surface area (Å²) in [5.41, 5.74) is -0.0755. The van der Waals surface area contributed by atoms with Gasteiger partial charge in [-0.1, -0.05) is 32.6 Å². The second kappa shape index (κ2) is 5.60. The van der Waals surface area contributed by atoms with Crippen LogP contribution in [-0.2, 0) is 4.79 Å². The lowest BCUT2D eigenvalue weighted by Gasteiger charge is -2.38. The maximum Gasteiger partial charge on any atom is 0.227 e. The summed E-state index contributed by atoms with van der Waals surface area (Å²) in [6.45, 7) is 6.26. The molecule has 104 valence electrons. The van der Waals surface area contributed by atoms with E-state index in [-0.39, 0.29) is 11.0 Å². The molecule has 1 unspecified atom stereocenters. The van der Waals surface area contributed by atoms with Gasteiger partial charge in [-0.05, 0) is 39.2 Å². The molecule has 1 aliphatic heterocycles. The third-order valence-corrected chi connectivity index (χ3v) is 4.83. The molecular weight excluding hydrogens is 224 g/mol. The molecule has 2 aliphatic rings. The first kappa shape index (κ1) is 13.9. The van der Waals surface area contributed by atoms with E-state index in [9.17, 15) is 4.79 Å². The Labute approximate surface area is 111 Å². The van der Waals surface area contributed by atoms with E-state index in [1.54, 1.807) is 0 Å². The standard InChI is InChI=1S/C15H28N2O/c1-3-7-15(10-11-16-12-15)13(18)17-14(2)8-5-4-6-9-14/h16H,3-12H2,1-2H3,(H,17,18). The molecule has 3 nitrogen and oxygen atoms in total. The van der Waals surface area contributed by atoms with Gasteiger partial charge in [0.1, 0.15) is 0 Å². The molecule has 1 heterocycles. The average molecular weight is 252 g/mol. The lowest BCUT2D eigenvalue weighted by atomic mass is 9.78. The molecule has 0 aromatic rings. The highest BCUT2D eigenvalue weighted by Gasteiger charge is 2.42. The smallest absolute Gasteiger partial charge is 0.227 e. The molecule has 0 spiro atoms. The van der Waals surface area contributed by atoms with Crippen molar-refractivity contribution in [2.45, 2.75) is 70.8 Å². The van der Waals surface area contributed by atoms with E-state index >= 15 is 0 Å². The predicted octanol–water partition coefficient (Wildman–Crippen LogP) is 2.61. The minimum atomic E-state index is -0.130. The van der Waals surface area contributed by atoms with Gasteiger partial charge >= 0.3 is 0 Å². The van der Waals surface area contributed by atoms with Crippen LogP contribution >= 0.6 is 0 Å². The van der Waals surface area contributed by atoms with Gasteiger partial charge in [0.15, 0.2) is 0 Å². The van der Waals surface area contributed by atoms with Gasteiger partial charge in [0, 0.05) is 12.1 Å². The molecule has 1 saturated heterocycles. The maximum atomic E-state index is 12.7. The summed E-state index contributed by atoms with van der Waals surface area (Å²) in [5, 5.41) is 6.75. The van der Waals surface area contributed by atoms with Gasteiger partial charge in [0.25, 0.3) is 0 Å². The van der Waals surface area contributed by atoms with Crippen molar-refractivity contribution in [2.24, 2.45) is 5.41 Å². The van der Waals surface area contributed by atoms with Gasteiger partial charge in [-0.25, -0.2) is 0 Å². The van der Waals surface area contributed by atoms with E-state index in [0.29, 0.717) is 5.91 Å². The van der Waals surface area contributed by atoms with E-state index in [1.807, 2.05) is 0 Å². The number of hydrogen-bond acceptors (Lipinski definition) is 2. The minimum absolute atomic E-state index is 0.0542. The number of carbonyl (C=O) groups is 1. The predicted molar refractivity (Wildman–Crippen MR) is 74.5 cm³/mol. The Morgan fingerprint density at radius 1 is 1.22 bits per heavy atom. The fraction of sp³-hybridized carbons (Fsp3) is 0.933. The van der Waals surface area contributed by atoms with Crippen LogP contribution in [0.25, 0.3) is 0 Å². The highest BCUT2D eigenvalue weighted by molar-refractivity contribution is 5.84. The first-order chi connectivity index (χ1) is 8.60. The van der Waals surface area contributed by atoms with Crippen molar-refractivity contribution in [3.05, 3.63) is 0 Å². The van der Waals surface area contributed by atoms with Gasteiger partial charge in [-0.2, -0.15) is 0 Å². The zero-order chi connectivity index (χ0) is 13.1. The molecule has 1 amide bonds. The van der Waals surface area contributed by atoms with Crippen LogP contribution in [-0.4, -0.2) is 24.5 Å². The molecule has 0 bridgehead atoms. The Hall–Kier alpha value is -0.570. The van der Waals surface area contributed by atoms with Crippen molar-refractivity contribution in [3.8, 4) is 0 Å². The van der Waals surface area contributed by atoms with Gasteiger partial charge in [-0.15, -0.1) is 0 Å². The Kier molecular flexibility index (Phi) is 4.31. The largest absolute Gasteiger partial charge is 0.350 e. The fourth-order valence-electron chi connectivity index (χ4n) is 3.61. The molecule has 0 aromatic carbocycles. The summed E-state index contributed by atoms with van der Waals surface area (Å²) in [4.78, 5) is 12.7. The zero-order valence-corrected chi connectivity index (χ0v) is 12.0. The summed E-state index contributed by atoms with van der Waals surface area (Å²) < 4.78 is 0.